The monoisotopic (exact) mass is 533 g/mol. The highest BCUT2D eigenvalue weighted by atomic mass is 19.4. The molecule has 1 saturated heterocycles. The normalized spacial score (nSPS) is 18.4. The minimum Gasteiger partial charge on any atom is -0.505 e. The van der Waals surface area contributed by atoms with E-state index in [1.54, 1.807) is 19.9 Å². The number of carbonyl (C=O) groups is 1. The van der Waals surface area contributed by atoms with Gasteiger partial charge in [0, 0.05) is 37.1 Å². The summed E-state index contributed by atoms with van der Waals surface area (Å²) in [5, 5.41) is 10.6. The van der Waals surface area contributed by atoms with E-state index in [0.717, 1.165) is 35.9 Å². The van der Waals surface area contributed by atoms with E-state index in [4.69, 9.17) is 4.74 Å². The van der Waals surface area contributed by atoms with Crippen molar-refractivity contribution in [1.29, 1.82) is 0 Å². The molecule has 6 nitrogen and oxygen atoms in total. The standard InChI is InChI=1S/C28H31F4N3O3/c1-5-38-27(37)25-17(3)33-24(26(25)36)13-20-12-16(2)35(18(20)4)22-8-10-34(11-9-22)15-19-6-7-21(29)14-23(19)28(30,31)32/h6-7,12-14,22,36H,5,8-11,15H2,1-4H3/b24-13+. The van der Waals surface area contributed by atoms with Crippen molar-refractivity contribution in [2.24, 2.45) is 4.99 Å². The SMILES string of the molecule is CCOC(=O)C1=C(O)/C(=C\c2cc(C)n(C3CCN(Cc4ccc(F)cc4C(F)(F)F)CC3)c2C)N=C1C. The molecule has 2 aromatic rings. The number of aryl methyl sites for hydroxylation is 1. The number of hydrogen-bond acceptors (Lipinski definition) is 5. The van der Waals surface area contributed by atoms with Gasteiger partial charge in [0.1, 0.15) is 17.1 Å². The lowest BCUT2D eigenvalue weighted by Gasteiger charge is -2.34. The number of likely N-dealkylation sites (tertiary alicyclic amines) is 1. The van der Waals surface area contributed by atoms with E-state index in [-0.39, 0.29) is 36.1 Å². The van der Waals surface area contributed by atoms with Crippen LogP contribution in [0.2, 0.25) is 0 Å². The van der Waals surface area contributed by atoms with Crippen LogP contribution in [0.3, 0.4) is 0 Å². The first kappa shape index (κ1) is 27.6. The Bertz CT molecular complexity index is 1330. The number of aliphatic imine (C=N–C) groups is 1. The molecule has 3 heterocycles. The van der Waals surface area contributed by atoms with Crippen LogP contribution in [0.5, 0.6) is 0 Å². The molecule has 38 heavy (non-hydrogen) atoms. The smallest absolute Gasteiger partial charge is 0.416 e. The second-order valence-corrected chi connectivity index (χ2v) is 9.67. The number of hydrogen-bond donors (Lipinski definition) is 1. The summed E-state index contributed by atoms with van der Waals surface area (Å²) < 4.78 is 60.9. The van der Waals surface area contributed by atoms with Gasteiger partial charge in [0.05, 0.1) is 17.9 Å². The molecule has 1 N–H and O–H groups in total. The van der Waals surface area contributed by atoms with Crippen molar-refractivity contribution in [2.45, 2.75) is 59.3 Å². The van der Waals surface area contributed by atoms with Gasteiger partial charge in [0.15, 0.2) is 5.76 Å². The van der Waals surface area contributed by atoms with Crippen molar-refractivity contribution >= 4 is 17.8 Å². The summed E-state index contributed by atoms with van der Waals surface area (Å²) in [5.74, 6) is -1.73. The summed E-state index contributed by atoms with van der Waals surface area (Å²) in [5.41, 5.74) is 2.73. The van der Waals surface area contributed by atoms with E-state index >= 15 is 0 Å². The van der Waals surface area contributed by atoms with Crippen LogP contribution >= 0.6 is 0 Å². The zero-order valence-corrected chi connectivity index (χ0v) is 21.8. The van der Waals surface area contributed by atoms with E-state index in [1.807, 2.05) is 24.8 Å². The molecule has 0 saturated carbocycles. The zero-order valence-electron chi connectivity index (χ0n) is 21.8. The molecule has 0 amide bonds. The second kappa shape index (κ2) is 10.8. The summed E-state index contributed by atoms with van der Waals surface area (Å²) in [6.07, 6.45) is -1.39. The number of aliphatic hydroxyl groups excluding tert-OH is 1. The van der Waals surface area contributed by atoms with Gasteiger partial charge in [-0.05, 0) is 75.9 Å². The molecule has 1 aromatic carbocycles. The van der Waals surface area contributed by atoms with Crippen molar-refractivity contribution < 1.29 is 32.2 Å². The lowest BCUT2D eigenvalue weighted by molar-refractivity contribution is -0.139. The summed E-state index contributed by atoms with van der Waals surface area (Å²) in [6, 6.07) is 4.99. The van der Waals surface area contributed by atoms with Gasteiger partial charge in [0.2, 0.25) is 0 Å². The molecule has 0 atom stereocenters. The maximum atomic E-state index is 13.5. The van der Waals surface area contributed by atoms with E-state index in [9.17, 15) is 27.5 Å². The molecule has 10 heteroatoms. The van der Waals surface area contributed by atoms with E-state index in [1.165, 1.54) is 6.07 Å². The van der Waals surface area contributed by atoms with Crippen LogP contribution in [0.1, 0.15) is 60.8 Å². The van der Waals surface area contributed by atoms with Crippen molar-refractivity contribution in [3.05, 3.63) is 75.2 Å². The molecule has 0 aliphatic carbocycles. The molecule has 2 aliphatic rings. The van der Waals surface area contributed by atoms with Crippen LogP contribution in [0.4, 0.5) is 17.6 Å². The van der Waals surface area contributed by atoms with Gasteiger partial charge in [0.25, 0.3) is 0 Å². The summed E-state index contributed by atoms with van der Waals surface area (Å²) >= 11 is 0. The van der Waals surface area contributed by atoms with Gasteiger partial charge in [-0.1, -0.05) is 6.07 Å². The van der Waals surface area contributed by atoms with Gasteiger partial charge in [-0.3, -0.25) is 4.90 Å². The summed E-state index contributed by atoms with van der Waals surface area (Å²) in [4.78, 5) is 18.5. The maximum absolute atomic E-state index is 13.5. The first-order chi connectivity index (χ1) is 17.9. The minimum atomic E-state index is -4.61. The topological polar surface area (TPSA) is 67.1 Å². The van der Waals surface area contributed by atoms with Crippen molar-refractivity contribution in [2.75, 3.05) is 19.7 Å². The predicted molar refractivity (Wildman–Crippen MR) is 136 cm³/mol. The van der Waals surface area contributed by atoms with E-state index in [0.29, 0.717) is 30.6 Å². The molecule has 1 fully saturated rings. The predicted octanol–water partition coefficient (Wildman–Crippen LogP) is 6.29. The number of benzene rings is 1. The Labute approximate surface area is 218 Å². The third-order valence-electron chi connectivity index (χ3n) is 7.12. The average molecular weight is 534 g/mol. The highest BCUT2D eigenvalue weighted by Crippen LogP contribution is 2.35. The molecule has 0 radical (unpaired) electrons. The average Bonchev–Trinajstić information content (AvgIpc) is 3.28. The highest BCUT2D eigenvalue weighted by molar-refractivity contribution is 6.22. The molecule has 4 rings (SSSR count). The first-order valence-corrected chi connectivity index (χ1v) is 12.5. The Morgan fingerprint density at radius 1 is 1.18 bits per heavy atom. The number of ether oxygens (including phenoxy) is 1. The number of halogens is 4. The summed E-state index contributed by atoms with van der Waals surface area (Å²) in [6.45, 7) is 8.78. The Balaban J connectivity index is 1.49. The van der Waals surface area contributed by atoms with Gasteiger partial charge in [-0.2, -0.15) is 13.2 Å². The number of aromatic nitrogens is 1. The first-order valence-electron chi connectivity index (χ1n) is 12.5. The quantitative estimate of drug-likeness (QED) is 0.350. The Morgan fingerprint density at radius 2 is 1.87 bits per heavy atom. The third-order valence-corrected chi connectivity index (χ3v) is 7.12. The van der Waals surface area contributed by atoms with Gasteiger partial charge < -0.3 is 14.4 Å². The van der Waals surface area contributed by atoms with Crippen LogP contribution < -0.4 is 0 Å². The van der Waals surface area contributed by atoms with Crippen molar-refractivity contribution in [3.63, 3.8) is 0 Å². The van der Waals surface area contributed by atoms with Crippen LogP contribution in [0.15, 0.2) is 46.3 Å². The van der Waals surface area contributed by atoms with Crippen LogP contribution in [-0.2, 0) is 22.3 Å². The third kappa shape index (κ3) is 5.55. The fourth-order valence-electron chi connectivity index (χ4n) is 5.32. The molecule has 0 spiro atoms. The molecular formula is C28H31F4N3O3. The molecule has 1 aromatic heterocycles. The summed E-state index contributed by atoms with van der Waals surface area (Å²) in [7, 11) is 0. The number of carbonyl (C=O) groups excluding carboxylic acids is 1. The maximum Gasteiger partial charge on any atom is 0.416 e. The van der Waals surface area contributed by atoms with E-state index in [2.05, 4.69) is 9.56 Å². The lowest BCUT2D eigenvalue weighted by Crippen LogP contribution is -2.35. The lowest BCUT2D eigenvalue weighted by atomic mass is 10.0. The largest absolute Gasteiger partial charge is 0.505 e. The minimum absolute atomic E-state index is 0.0640. The van der Waals surface area contributed by atoms with Gasteiger partial charge in [-0.15, -0.1) is 0 Å². The number of aliphatic hydroxyl groups is 1. The zero-order chi connectivity index (χ0) is 27.8. The highest BCUT2D eigenvalue weighted by Gasteiger charge is 2.35. The Hall–Kier alpha value is -3.40. The molecule has 2 aliphatic heterocycles. The Morgan fingerprint density at radius 3 is 2.50 bits per heavy atom. The number of nitrogens with zero attached hydrogens (tertiary/aromatic N) is 3. The second-order valence-electron chi connectivity index (χ2n) is 9.67. The number of piperidine rings is 1. The number of alkyl halides is 3. The van der Waals surface area contributed by atoms with Crippen molar-refractivity contribution in [1.82, 2.24) is 9.47 Å². The fraction of sp³-hybridized carbons (Fsp3) is 0.429. The molecule has 0 bridgehead atoms. The van der Waals surface area contributed by atoms with Crippen molar-refractivity contribution in [3.8, 4) is 0 Å². The number of rotatable bonds is 6. The van der Waals surface area contributed by atoms with Crippen LogP contribution in [0.25, 0.3) is 6.08 Å². The van der Waals surface area contributed by atoms with Crippen LogP contribution in [0, 0.1) is 19.7 Å². The molecule has 204 valence electrons. The molecule has 0 unspecified atom stereocenters. The number of esters is 1. The Kier molecular flexibility index (Phi) is 7.83. The van der Waals surface area contributed by atoms with Crippen LogP contribution in [-0.4, -0.2) is 46.0 Å². The molecular weight excluding hydrogens is 502 g/mol. The fourth-order valence-corrected chi connectivity index (χ4v) is 5.32. The van der Waals surface area contributed by atoms with Gasteiger partial charge in [-0.25, -0.2) is 14.2 Å². The van der Waals surface area contributed by atoms with Gasteiger partial charge >= 0.3 is 12.1 Å². The van der Waals surface area contributed by atoms with E-state index < -0.39 is 23.5 Å².